The number of carbonyl (C=O) groups is 1. The van der Waals surface area contributed by atoms with Crippen molar-refractivity contribution in [3.05, 3.63) is 35.8 Å². The number of hydrogen-bond acceptors (Lipinski definition) is 5. The minimum atomic E-state index is -1.62. The monoisotopic (exact) mass is 428 g/mol. The number of amides is 2. The minimum Gasteiger partial charge on any atom is -0.490 e. The molecule has 1 saturated heterocycles. The second-order valence-corrected chi connectivity index (χ2v) is 6.79. The zero-order chi connectivity index (χ0) is 21.7. The van der Waals surface area contributed by atoms with Crippen LogP contribution in [0.3, 0.4) is 0 Å². The van der Waals surface area contributed by atoms with Crippen molar-refractivity contribution in [3.63, 3.8) is 0 Å². The van der Waals surface area contributed by atoms with Gasteiger partial charge in [-0.05, 0) is 6.42 Å². The number of anilines is 1. The average molecular weight is 428 g/mol. The van der Waals surface area contributed by atoms with Crippen molar-refractivity contribution in [2.45, 2.75) is 31.9 Å². The van der Waals surface area contributed by atoms with Crippen LogP contribution in [0.15, 0.2) is 18.3 Å². The first-order valence-electron chi connectivity index (χ1n) is 9.51. The molecule has 0 unspecified atom stereocenters. The van der Waals surface area contributed by atoms with Gasteiger partial charge in [0, 0.05) is 57.4 Å². The number of methoxy groups -OCH3 is 1. The van der Waals surface area contributed by atoms with Crippen LogP contribution in [-0.2, 0) is 6.54 Å². The van der Waals surface area contributed by atoms with Crippen molar-refractivity contribution < 1.29 is 32.5 Å². The van der Waals surface area contributed by atoms with Gasteiger partial charge in [-0.1, -0.05) is 0 Å². The highest BCUT2D eigenvalue weighted by Gasteiger charge is 2.27. The molecule has 0 aliphatic carbocycles. The number of urea groups is 1. The lowest BCUT2D eigenvalue weighted by Crippen LogP contribution is -2.43. The molecular formula is C19H23F3N4O4. The van der Waals surface area contributed by atoms with Crippen LogP contribution < -0.4 is 14.8 Å². The first-order valence-corrected chi connectivity index (χ1v) is 9.51. The van der Waals surface area contributed by atoms with Crippen LogP contribution in [0.1, 0.15) is 19.3 Å². The molecule has 1 aliphatic heterocycles. The van der Waals surface area contributed by atoms with Gasteiger partial charge in [-0.15, -0.1) is 0 Å². The van der Waals surface area contributed by atoms with Gasteiger partial charge in [-0.2, -0.15) is 9.49 Å². The molecule has 11 heteroatoms. The summed E-state index contributed by atoms with van der Waals surface area (Å²) in [4.78, 5) is 14.0. The second kappa shape index (κ2) is 9.70. The van der Waals surface area contributed by atoms with Gasteiger partial charge in [0.1, 0.15) is 6.10 Å². The number of likely N-dealkylation sites (tertiary alicyclic amines) is 1. The Bertz CT molecular complexity index is 885. The van der Waals surface area contributed by atoms with E-state index in [4.69, 9.17) is 14.6 Å². The van der Waals surface area contributed by atoms with Gasteiger partial charge in [-0.3, -0.25) is 10.00 Å². The van der Waals surface area contributed by atoms with Crippen LogP contribution >= 0.6 is 0 Å². The van der Waals surface area contributed by atoms with E-state index in [1.165, 1.54) is 0 Å². The molecular weight excluding hydrogens is 405 g/mol. The fourth-order valence-corrected chi connectivity index (χ4v) is 3.16. The van der Waals surface area contributed by atoms with Gasteiger partial charge in [0.25, 0.3) is 0 Å². The SMILES string of the molecule is COc1c(OC2CCN(C(=O)Nc3ccn(CCCO)n3)CC2)cc(F)c(F)c1F. The predicted molar refractivity (Wildman–Crippen MR) is 101 cm³/mol. The number of hydrogen-bond donors (Lipinski definition) is 2. The number of halogens is 3. The maximum Gasteiger partial charge on any atom is 0.323 e. The molecule has 30 heavy (non-hydrogen) atoms. The number of aliphatic hydroxyl groups is 1. The molecule has 2 aromatic rings. The second-order valence-electron chi connectivity index (χ2n) is 6.79. The summed E-state index contributed by atoms with van der Waals surface area (Å²) < 4.78 is 52.8. The van der Waals surface area contributed by atoms with Crippen molar-refractivity contribution in [1.82, 2.24) is 14.7 Å². The summed E-state index contributed by atoms with van der Waals surface area (Å²) in [5, 5.41) is 15.8. The predicted octanol–water partition coefficient (Wildman–Crippen LogP) is 2.77. The summed E-state index contributed by atoms with van der Waals surface area (Å²) in [5.74, 6) is -4.74. The molecule has 1 fully saturated rings. The van der Waals surface area contributed by atoms with E-state index in [0.717, 1.165) is 13.2 Å². The fraction of sp³-hybridized carbons (Fsp3) is 0.474. The summed E-state index contributed by atoms with van der Waals surface area (Å²) in [7, 11) is 1.14. The lowest BCUT2D eigenvalue weighted by Gasteiger charge is -2.32. The zero-order valence-corrected chi connectivity index (χ0v) is 16.4. The van der Waals surface area contributed by atoms with Crippen molar-refractivity contribution in [3.8, 4) is 11.5 Å². The van der Waals surface area contributed by atoms with Gasteiger partial charge in [0.2, 0.25) is 5.82 Å². The number of piperidine rings is 1. The molecule has 1 aromatic carbocycles. The van der Waals surface area contributed by atoms with E-state index in [1.807, 2.05) is 0 Å². The van der Waals surface area contributed by atoms with Crippen molar-refractivity contribution in [1.29, 1.82) is 0 Å². The van der Waals surface area contributed by atoms with E-state index < -0.39 is 29.3 Å². The standard InChI is InChI=1S/C19H23F3N4O4/c1-29-18-14(11-13(20)16(21)17(18)22)30-12-3-7-25(8-4-12)19(28)23-15-5-9-26(24-15)6-2-10-27/h5,9,11-12,27H,2-4,6-8,10H2,1H3,(H,23,24,28). The number of benzene rings is 1. The Morgan fingerprint density at radius 2 is 2.03 bits per heavy atom. The summed E-state index contributed by atoms with van der Waals surface area (Å²) in [6, 6.07) is 2.09. The highest BCUT2D eigenvalue weighted by atomic mass is 19.2. The lowest BCUT2D eigenvalue weighted by atomic mass is 10.1. The first kappa shape index (κ1) is 21.8. The van der Waals surface area contributed by atoms with Gasteiger partial charge in [-0.25, -0.2) is 13.6 Å². The quantitative estimate of drug-likeness (QED) is 0.662. The lowest BCUT2D eigenvalue weighted by molar-refractivity contribution is 0.111. The van der Waals surface area contributed by atoms with Gasteiger partial charge < -0.3 is 19.5 Å². The molecule has 164 valence electrons. The first-order chi connectivity index (χ1) is 14.4. The average Bonchev–Trinajstić information content (AvgIpc) is 3.18. The topological polar surface area (TPSA) is 88.9 Å². The van der Waals surface area contributed by atoms with Crippen LogP contribution in [-0.4, -0.2) is 58.7 Å². The van der Waals surface area contributed by atoms with Crippen LogP contribution in [0, 0.1) is 17.5 Å². The Morgan fingerprint density at radius 3 is 2.70 bits per heavy atom. The Hall–Kier alpha value is -2.95. The molecule has 2 heterocycles. The third kappa shape index (κ3) is 4.96. The number of rotatable bonds is 7. The fourth-order valence-electron chi connectivity index (χ4n) is 3.16. The maximum atomic E-state index is 13.8. The Labute approximate surface area is 171 Å². The third-order valence-electron chi connectivity index (χ3n) is 4.73. The smallest absolute Gasteiger partial charge is 0.323 e. The Kier molecular flexibility index (Phi) is 7.03. The molecule has 8 nitrogen and oxygen atoms in total. The largest absolute Gasteiger partial charge is 0.490 e. The summed E-state index contributed by atoms with van der Waals surface area (Å²) in [6.07, 6.45) is 2.70. The van der Waals surface area contributed by atoms with E-state index in [1.54, 1.807) is 21.8 Å². The highest BCUT2D eigenvalue weighted by Crippen LogP contribution is 2.35. The van der Waals surface area contributed by atoms with E-state index in [2.05, 4.69) is 10.4 Å². The number of nitrogens with zero attached hydrogens (tertiary/aromatic N) is 3. The van der Waals surface area contributed by atoms with E-state index in [9.17, 15) is 18.0 Å². The summed E-state index contributed by atoms with van der Waals surface area (Å²) in [5.41, 5.74) is 0. The third-order valence-corrected chi connectivity index (χ3v) is 4.73. The van der Waals surface area contributed by atoms with Crippen LogP contribution in [0.25, 0.3) is 0 Å². The van der Waals surface area contributed by atoms with E-state index in [-0.39, 0.29) is 18.4 Å². The number of carbonyl (C=O) groups excluding carboxylic acids is 1. The molecule has 3 rings (SSSR count). The highest BCUT2D eigenvalue weighted by molar-refractivity contribution is 5.88. The van der Waals surface area contributed by atoms with Crippen molar-refractivity contribution in [2.24, 2.45) is 0 Å². The van der Waals surface area contributed by atoms with E-state index >= 15 is 0 Å². The molecule has 1 aromatic heterocycles. The molecule has 0 atom stereocenters. The van der Waals surface area contributed by atoms with Gasteiger partial charge in [0.15, 0.2) is 29.0 Å². The van der Waals surface area contributed by atoms with Crippen LogP contribution in [0.5, 0.6) is 11.5 Å². The molecule has 0 bridgehead atoms. The number of ether oxygens (including phenoxy) is 2. The molecule has 0 saturated carbocycles. The molecule has 0 spiro atoms. The number of aryl methyl sites for hydroxylation is 1. The number of aliphatic hydroxyl groups excluding tert-OH is 1. The van der Waals surface area contributed by atoms with Crippen LogP contribution in [0.4, 0.5) is 23.8 Å². The molecule has 1 aliphatic rings. The van der Waals surface area contributed by atoms with Crippen LogP contribution in [0.2, 0.25) is 0 Å². The maximum absolute atomic E-state index is 13.8. The van der Waals surface area contributed by atoms with E-state index in [0.29, 0.717) is 44.7 Å². The number of aromatic nitrogens is 2. The summed E-state index contributed by atoms with van der Waals surface area (Å²) in [6.45, 7) is 1.32. The normalized spacial score (nSPS) is 14.6. The molecule has 0 radical (unpaired) electrons. The Morgan fingerprint density at radius 1 is 1.30 bits per heavy atom. The molecule has 2 N–H and O–H groups in total. The van der Waals surface area contributed by atoms with Crippen molar-refractivity contribution >= 4 is 11.8 Å². The van der Waals surface area contributed by atoms with Gasteiger partial charge in [0.05, 0.1) is 7.11 Å². The zero-order valence-electron chi connectivity index (χ0n) is 16.4. The van der Waals surface area contributed by atoms with Gasteiger partial charge >= 0.3 is 6.03 Å². The summed E-state index contributed by atoms with van der Waals surface area (Å²) >= 11 is 0. The Balaban J connectivity index is 1.54. The minimum absolute atomic E-state index is 0.0572. The van der Waals surface area contributed by atoms with Crippen molar-refractivity contribution in [2.75, 3.05) is 32.1 Å². The number of nitrogens with one attached hydrogen (secondary N) is 1. The molecule has 2 amide bonds.